The van der Waals surface area contributed by atoms with Gasteiger partial charge in [0, 0.05) is 6.20 Å². The quantitative estimate of drug-likeness (QED) is 0.692. The molecule has 0 fully saturated rings. The summed E-state index contributed by atoms with van der Waals surface area (Å²) in [7, 11) is -4.04. The van der Waals surface area contributed by atoms with E-state index in [1.807, 2.05) is 0 Å². The monoisotopic (exact) mass is 198 g/mol. The third-order valence-electron chi connectivity index (χ3n) is 1.29. The summed E-state index contributed by atoms with van der Waals surface area (Å²) >= 11 is 0. The lowest BCUT2D eigenvalue weighted by Crippen LogP contribution is -2.01. The molecule has 0 atom stereocenters. The number of rotatable bonds is 2. The molecule has 1 heterocycles. The predicted molar refractivity (Wildman–Crippen MR) is 44.2 cm³/mol. The van der Waals surface area contributed by atoms with Gasteiger partial charge in [0.2, 0.25) is 0 Å². The van der Waals surface area contributed by atoms with Gasteiger partial charge in [-0.2, -0.15) is 13.7 Å². The van der Waals surface area contributed by atoms with Crippen molar-refractivity contribution in [2.45, 2.75) is 5.75 Å². The first kappa shape index (κ1) is 9.64. The van der Waals surface area contributed by atoms with E-state index in [-0.39, 0.29) is 5.69 Å². The molecule has 13 heavy (non-hydrogen) atoms. The number of nitrogens with zero attached hydrogens (tertiary/aromatic N) is 2. The van der Waals surface area contributed by atoms with Crippen molar-refractivity contribution in [3.8, 4) is 6.07 Å². The lowest BCUT2D eigenvalue weighted by Gasteiger charge is -1.96. The minimum Gasteiger partial charge on any atom is -0.285 e. The van der Waals surface area contributed by atoms with Gasteiger partial charge in [0.1, 0.15) is 17.5 Å². The summed E-state index contributed by atoms with van der Waals surface area (Å²) < 4.78 is 29.4. The minimum absolute atomic E-state index is 0.126. The molecule has 1 rings (SSSR count). The van der Waals surface area contributed by atoms with E-state index >= 15 is 0 Å². The number of hydrogen-bond donors (Lipinski definition) is 1. The maximum absolute atomic E-state index is 10.5. The Morgan fingerprint density at radius 2 is 2.31 bits per heavy atom. The summed E-state index contributed by atoms with van der Waals surface area (Å²) in [5.74, 6) is -0.496. The molecule has 0 amide bonds. The van der Waals surface area contributed by atoms with Gasteiger partial charge in [-0.15, -0.1) is 0 Å². The van der Waals surface area contributed by atoms with Crippen LogP contribution in [0.1, 0.15) is 11.3 Å². The summed E-state index contributed by atoms with van der Waals surface area (Å²) in [6.45, 7) is 0. The van der Waals surface area contributed by atoms with Gasteiger partial charge in [0.05, 0.1) is 0 Å². The summed E-state index contributed by atoms with van der Waals surface area (Å²) in [5, 5.41) is 8.44. The topological polar surface area (TPSA) is 91.0 Å². The Kier molecular flexibility index (Phi) is 2.60. The smallest absolute Gasteiger partial charge is 0.269 e. The molecule has 0 radical (unpaired) electrons. The van der Waals surface area contributed by atoms with Crippen molar-refractivity contribution < 1.29 is 13.0 Å². The summed E-state index contributed by atoms with van der Waals surface area (Å²) in [5.41, 5.74) is 0.468. The molecule has 6 heteroatoms. The van der Waals surface area contributed by atoms with Crippen LogP contribution in [-0.4, -0.2) is 18.0 Å². The molecule has 5 nitrogen and oxygen atoms in total. The highest BCUT2D eigenvalue weighted by atomic mass is 32.2. The minimum atomic E-state index is -4.04. The Hall–Kier alpha value is -1.45. The normalized spacial score (nSPS) is 10.8. The average molecular weight is 198 g/mol. The average Bonchev–Trinajstić information content (AvgIpc) is 2.01. The molecule has 0 aliphatic carbocycles. The maximum atomic E-state index is 10.5. The third kappa shape index (κ3) is 3.19. The SMILES string of the molecule is N#Cc1cc(CS(=O)(=O)O)ccn1. The number of pyridine rings is 1. The fraction of sp³-hybridized carbons (Fsp3) is 0.143. The second-order valence-electron chi connectivity index (χ2n) is 2.39. The highest BCUT2D eigenvalue weighted by molar-refractivity contribution is 7.85. The second kappa shape index (κ2) is 3.51. The highest BCUT2D eigenvalue weighted by Crippen LogP contribution is 2.04. The molecule has 68 valence electrons. The lowest BCUT2D eigenvalue weighted by molar-refractivity contribution is 0.482. The van der Waals surface area contributed by atoms with Crippen molar-refractivity contribution in [1.82, 2.24) is 4.98 Å². The molecule has 0 saturated heterocycles. The zero-order valence-electron chi connectivity index (χ0n) is 6.51. The van der Waals surface area contributed by atoms with Crippen LogP contribution in [0.3, 0.4) is 0 Å². The highest BCUT2D eigenvalue weighted by Gasteiger charge is 2.06. The second-order valence-corrected chi connectivity index (χ2v) is 3.84. The van der Waals surface area contributed by atoms with E-state index in [0.29, 0.717) is 5.56 Å². The first-order valence-electron chi connectivity index (χ1n) is 3.31. The Morgan fingerprint density at radius 3 is 2.85 bits per heavy atom. The Balaban J connectivity index is 2.99. The van der Waals surface area contributed by atoms with Crippen LogP contribution in [0, 0.1) is 11.3 Å². The largest absolute Gasteiger partial charge is 0.285 e. The Morgan fingerprint density at radius 1 is 1.62 bits per heavy atom. The predicted octanol–water partition coefficient (Wildman–Crippen LogP) is 0.341. The van der Waals surface area contributed by atoms with Crippen LogP contribution in [0.15, 0.2) is 18.3 Å². The lowest BCUT2D eigenvalue weighted by atomic mass is 10.2. The van der Waals surface area contributed by atoms with Gasteiger partial charge in [0.25, 0.3) is 10.1 Å². The van der Waals surface area contributed by atoms with Crippen LogP contribution in [0.25, 0.3) is 0 Å². The van der Waals surface area contributed by atoms with Gasteiger partial charge in [0.15, 0.2) is 0 Å². The van der Waals surface area contributed by atoms with Gasteiger partial charge in [-0.25, -0.2) is 4.98 Å². The van der Waals surface area contributed by atoms with Gasteiger partial charge in [-0.3, -0.25) is 4.55 Å². The standard InChI is InChI=1S/C7H6N2O3S/c8-4-7-3-6(1-2-9-7)5-13(10,11)12/h1-3H,5H2,(H,10,11,12). The Labute approximate surface area is 75.4 Å². The molecule has 0 saturated carbocycles. The van der Waals surface area contributed by atoms with E-state index in [4.69, 9.17) is 9.81 Å². The van der Waals surface area contributed by atoms with Crippen molar-refractivity contribution in [3.05, 3.63) is 29.6 Å². The molecule has 0 bridgehead atoms. The first-order chi connectivity index (χ1) is 6.01. The maximum Gasteiger partial charge on any atom is 0.269 e. The fourth-order valence-electron chi connectivity index (χ4n) is 0.836. The molecule has 0 spiro atoms. The van der Waals surface area contributed by atoms with Gasteiger partial charge in [-0.1, -0.05) is 0 Å². The molecular weight excluding hydrogens is 192 g/mol. The number of aromatic nitrogens is 1. The number of nitriles is 1. The molecule has 1 aromatic rings. The van der Waals surface area contributed by atoms with Gasteiger partial charge < -0.3 is 0 Å². The van der Waals surface area contributed by atoms with Gasteiger partial charge in [-0.05, 0) is 17.7 Å². The van der Waals surface area contributed by atoms with Crippen molar-refractivity contribution in [2.24, 2.45) is 0 Å². The van der Waals surface area contributed by atoms with Crippen LogP contribution < -0.4 is 0 Å². The molecular formula is C7H6N2O3S. The van der Waals surface area contributed by atoms with E-state index < -0.39 is 15.9 Å². The molecule has 1 aromatic heterocycles. The van der Waals surface area contributed by atoms with Crippen molar-refractivity contribution in [3.63, 3.8) is 0 Å². The first-order valence-corrected chi connectivity index (χ1v) is 4.92. The molecule has 0 aromatic carbocycles. The van der Waals surface area contributed by atoms with E-state index in [1.165, 1.54) is 18.3 Å². The zero-order chi connectivity index (χ0) is 9.90. The number of hydrogen-bond acceptors (Lipinski definition) is 4. The van der Waals surface area contributed by atoms with Crippen LogP contribution in [0.2, 0.25) is 0 Å². The van der Waals surface area contributed by atoms with Crippen molar-refractivity contribution in [1.29, 1.82) is 5.26 Å². The fourth-order valence-corrected chi connectivity index (χ4v) is 1.44. The van der Waals surface area contributed by atoms with Crippen LogP contribution in [-0.2, 0) is 15.9 Å². The summed E-state index contributed by atoms with van der Waals surface area (Å²) in [6, 6.07) is 4.50. The zero-order valence-corrected chi connectivity index (χ0v) is 7.32. The van der Waals surface area contributed by atoms with E-state index in [1.54, 1.807) is 6.07 Å². The third-order valence-corrected chi connectivity index (χ3v) is 1.99. The molecule has 1 N–H and O–H groups in total. The van der Waals surface area contributed by atoms with Crippen molar-refractivity contribution >= 4 is 10.1 Å². The van der Waals surface area contributed by atoms with E-state index in [9.17, 15) is 8.42 Å². The van der Waals surface area contributed by atoms with Crippen LogP contribution in [0.4, 0.5) is 0 Å². The summed E-state index contributed by atoms with van der Waals surface area (Å²) in [6.07, 6.45) is 1.32. The molecule has 0 unspecified atom stereocenters. The van der Waals surface area contributed by atoms with Crippen LogP contribution in [0.5, 0.6) is 0 Å². The molecule has 0 aliphatic heterocycles. The van der Waals surface area contributed by atoms with Crippen molar-refractivity contribution in [2.75, 3.05) is 0 Å². The van der Waals surface area contributed by atoms with E-state index in [0.717, 1.165) is 0 Å². The molecule has 0 aliphatic rings. The van der Waals surface area contributed by atoms with Crippen LogP contribution >= 0.6 is 0 Å². The summed E-state index contributed by atoms with van der Waals surface area (Å²) in [4.78, 5) is 3.65. The van der Waals surface area contributed by atoms with Gasteiger partial charge >= 0.3 is 0 Å². The van der Waals surface area contributed by atoms with E-state index in [2.05, 4.69) is 4.98 Å². The Bertz CT molecular complexity index is 447.